The van der Waals surface area contributed by atoms with Crippen molar-refractivity contribution in [3.05, 3.63) is 60.1 Å². The summed E-state index contributed by atoms with van der Waals surface area (Å²) in [6.45, 7) is 3.53. The third kappa shape index (κ3) is 6.79. The second kappa shape index (κ2) is 12.8. The van der Waals surface area contributed by atoms with E-state index >= 15 is 4.39 Å². The van der Waals surface area contributed by atoms with Crippen molar-refractivity contribution < 1.29 is 33.3 Å². The summed E-state index contributed by atoms with van der Waals surface area (Å²) in [6.07, 6.45) is 4.76. The zero-order chi connectivity index (χ0) is 32.4. The van der Waals surface area contributed by atoms with Crippen LogP contribution in [0.2, 0.25) is 0 Å². The van der Waals surface area contributed by atoms with Crippen LogP contribution in [-0.4, -0.2) is 74.0 Å². The van der Waals surface area contributed by atoms with E-state index in [0.717, 1.165) is 17.5 Å². The number of rotatable bonds is 10. The normalized spacial score (nSPS) is 14.4. The van der Waals surface area contributed by atoms with Crippen LogP contribution in [0.3, 0.4) is 0 Å². The molecule has 5 aromatic rings. The van der Waals surface area contributed by atoms with Gasteiger partial charge in [-0.1, -0.05) is 0 Å². The topological polar surface area (TPSA) is 171 Å². The lowest BCUT2D eigenvalue weighted by Crippen LogP contribution is -2.48. The molecular weight excluding hydrogens is 617 g/mol. The first-order valence-electron chi connectivity index (χ1n) is 14.4. The number of fused-ring (bicyclic) bond motifs is 2. The Morgan fingerprint density at radius 3 is 2.59 bits per heavy atom. The van der Waals surface area contributed by atoms with Crippen LogP contribution in [0.25, 0.3) is 31.8 Å². The number of carbonyl (C=O) groups is 2. The Labute approximate surface area is 266 Å². The molecule has 1 aliphatic rings. The standard InChI is InChI=1S/C31H30FN7O6S/c1-16-7-19(26-22(8-16)38-25(43-3)13-33-26)29-39-21-9-20(32)23(10-24(21)46-29)45-17(2)14-44-30(41)37-18-11-34-27(35-12-18)28(40)36-15-31(42)5-4-6-31/h7-13,17,42H,4-6,14-15H2,1-3H3,(H,36,40)(H,37,41)/t17-/m0/s1. The third-order valence-electron chi connectivity index (χ3n) is 7.39. The van der Waals surface area contributed by atoms with Gasteiger partial charge in [-0.15, -0.1) is 11.3 Å². The molecule has 46 heavy (non-hydrogen) atoms. The maximum absolute atomic E-state index is 15.0. The Kier molecular flexibility index (Phi) is 8.60. The van der Waals surface area contributed by atoms with Gasteiger partial charge in [0.15, 0.2) is 11.6 Å². The number of thiazole rings is 1. The number of benzene rings is 2. The number of ether oxygens (including phenoxy) is 3. The van der Waals surface area contributed by atoms with Crippen molar-refractivity contribution in [3.63, 3.8) is 0 Å². The number of aliphatic hydroxyl groups is 1. The second-order valence-corrected chi connectivity index (χ2v) is 12.1. The highest BCUT2D eigenvalue weighted by molar-refractivity contribution is 7.21. The molecule has 0 spiro atoms. The van der Waals surface area contributed by atoms with Crippen molar-refractivity contribution in [1.82, 2.24) is 30.2 Å². The maximum atomic E-state index is 15.0. The van der Waals surface area contributed by atoms with Gasteiger partial charge in [0.25, 0.3) is 5.91 Å². The minimum absolute atomic E-state index is 0.00970. The van der Waals surface area contributed by atoms with E-state index in [4.69, 9.17) is 14.2 Å². The Morgan fingerprint density at radius 1 is 1.09 bits per heavy atom. The fourth-order valence-corrected chi connectivity index (χ4v) is 5.83. The van der Waals surface area contributed by atoms with Gasteiger partial charge < -0.3 is 24.6 Å². The Hall–Kier alpha value is -5.02. The van der Waals surface area contributed by atoms with Crippen LogP contribution in [-0.2, 0) is 4.74 Å². The molecule has 2 amide bonds. The first-order valence-corrected chi connectivity index (χ1v) is 15.3. The lowest BCUT2D eigenvalue weighted by molar-refractivity contribution is -0.0301. The predicted molar refractivity (Wildman–Crippen MR) is 168 cm³/mol. The van der Waals surface area contributed by atoms with E-state index < -0.39 is 29.5 Å². The number of carbonyl (C=O) groups excluding carboxylic acids is 2. The average molecular weight is 648 g/mol. The van der Waals surface area contributed by atoms with Crippen LogP contribution in [0.1, 0.15) is 42.4 Å². The highest BCUT2D eigenvalue weighted by Gasteiger charge is 2.34. The van der Waals surface area contributed by atoms with E-state index in [0.29, 0.717) is 45.0 Å². The van der Waals surface area contributed by atoms with Gasteiger partial charge in [0, 0.05) is 24.2 Å². The molecule has 0 unspecified atom stereocenters. The number of anilines is 1. The van der Waals surface area contributed by atoms with E-state index in [-0.39, 0.29) is 30.4 Å². The SMILES string of the molecule is COc1cnc2c(-c3nc4cc(F)c(O[C@@H](C)COC(=O)Nc5cnc(C(=O)NCC6(O)CCC6)nc5)cc4s3)cc(C)cc2n1. The summed E-state index contributed by atoms with van der Waals surface area (Å²) in [6, 6.07) is 6.73. The fourth-order valence-electron chi connectivity index (χ4n) is 4.84. The number of halogens is 1. The van der Waals surface area contributed by atoms with Crippen LogP contribution in [0.4, 0.5) is 14.9 Å². The van der Waals surface area contributed by atoms with Crippen LogP contribution in [0.15, 0.2) is 42.9 Å². The van der Waals surface area contributed by atoms with Crippen molar-refractivity contribution in [1.29, 1.82) is 0 Å². The number of aryl methyl sites for hydroxylation is 1. The summed E-state index contributed by atoms with van der Waals surface area (Å²) in [5.74, 6) is -0.845. The molecule has 1 aliphatic carbocycles. The molecule has 3 N–H and O–H groups in total. The van der Waals surface area contributed by atoms with Crippen molar-refractivity contribution >= 4 is 50.3 Å². The number of hydrogen-bond acceptors (Lipinski definition) is 12. The van der Waals surface area contributed by atoms with Gasteiger partial charge in [-0.2, -0.15) is 0 Å². The quantitative estimate of drug-likeness (QED) is 0.190. The molecule has 1 saturated carbocycles. The lowest BCUT2D eigenvalue weighted by atomic mass is 9.80. The minimum atomic E-state index is -0.867. The number of hydrogen-bond donors (Lipinski definition) is 3. The van der Waals surface area contributed by atoms with Crippen molar-refractivity contribution in [2.75, 3.05) is 25.6 Å². The molecule has 3 aromatic heterocycles. The van der Waals surface area contributed by atoms with Crippen LogP contribution in [0, 0.1) is 12.7 Å². The summed E-state index contributed by atoms with van der Waals surface area (Å²) in [5, 5.41) is 15.8. The lowest BCUT2D eigenvalue weighted by Gasteiger charge is -2.36. The fraction of sp³-hybridized carbons (Fsp3) is 0.323. The van der Waals surface area contributed by atoms with E-state index in [9.17, 15) is 14.7 Å². The highest BCUT2D eigenvalue weighted by atomic mass is 32.1. The van der Waals surface area contributed by atoms with Gasteiger partial charge >= 0.3 is 6.09 Å². The second-order valence-electron chi connectivity index (χ2n) is 11.1. The van der Waals surface area contributed by atoms with Gasteiger partial charge in [0.05, 0.1) is 58.2 Å². The zero-order valence-electron chi connectivity index (χ0n) is 25.2. The largest absolute Gasteiger partial charge is 0.484 e. The molecule has 0 radical (unpaired) electrons. The Bertz CT molecular complexity index is 1930. The smallest absolute Gasteiger partial charge is 0.411 e. The highest BCUT2D eigenvalue weighted by Crippen LogP contribution is 2.37. The average Bonchev–Trinajstić information content (AvgIpc) is 3.44. The minimum Gasteiger partial charge on any atom is -0.484 e. The van der Waals surface area contributed by atoms with Crippen LogP contribution < -0.4 is 20.1 Å². The molecule has 0 bridgehead atoms. The molecule has 0 aliphatic heterocycles. The van der Waals surface area contributed by atoms with Crippen molar-refractivity contribution in [2.24, 2.45) is 0 Å². The van der Waals surface area contributed by atoms with E-state index in [1.807, 2.05) is 19.1 Å². The van der Waals surface area contributed by atoms with Gasteiger partial charge in [0.1, 0.15) is 17.7 Å². The van der Waals surface area contributed by atoms with E-state index in [2.05, 4.69) is 35.6 Å². The van der Waals surface area contributed by atoms with Crippen LogP contribution in [0.5, 0.6) is 11.6 Å². The monoisotopic (exact) mass is 647 g/mol. The first-order chi connectivity index (χ1) is 22.1. The van der Waals surface area contributed by atoms with E-state index in [1.165, 1.54) is 36.9 Å². The molecule has 6 rings (SSSR count). The summed E-state index contributed by atoms with van der Waals surface area (Å²) in [7, 11) is 1.53. The molecule has 2 aromatic carbocycles. The number of nitrogens with one attached hydrogen (secondary N) is 2. The molecule has 13 nitrogen and oxygen atoms in total. The summed E-state index contributed by atoms with van der Waals surface area (Å²) in [5.41, 5.74) is 2.85. The number of aromatic nitrogens is 5. The molecule has 238 valence electrons. The molecule has 0 saturated heterocycles. The summed E-state index contributed by atoms with van der Waals surface area (Å²) < 4.78 is 31.9. The molecule has 1 atom stereocenters. The van der Waals surface area contributed by atoms with Crippen LogP contribution >= 0.6 is 11.3 Å². The third-order valence-corrected chi connectivity index (χ3v) is 8.44. The van der Waals surface area contributed by atoms with Gasteiger partial charge in [-0.3, -0.25) is 10.1 Å². The van der Waals surface area contributed by atoms with Crippen molar-refractivity contribution in [3.8, 4) is 22.2 Å². The van der Waals surface area contributed by atoms with Gasteiger partial charge in [-0.25, -0.2) is 34.1 Å². The number of methoxy groups -OCH3 is 1. The Morgan fingerprint density at radius 2 is 1.87 bits per heavy atom. The molecular formula is C31H30FN7O6S. The Balaban J connectivity index is 1.05. The number of amides is 2. The summed E-state index contributed by atoms with van der Waals surface area (Å²) in [4.78, 5) is 46.1. The zero-order valence-corrected chi connectivity index (χ0v) is 26.0. The van der Waals surface area contributed by atoms with Gasteiger partial charge in [-0.05, 0) is 50.8 Å². The van der Waals surface area contributed by atoms with Crippen molar-refractivity contribution in [2.45, 2.75) is 44.8 Å². The molecule has 15 heteroatoms. The summed E-state index contributed by atoms with van der Waals surface area (Å²) >= 11 is 1.36. The predicted octanol–water partition coefficient (Wildman–Crippen LogP) is 4.81. The van der Waals surface area contributed by atoms with Gasteiger partial charge in [0.2, 0.25) is 11.7 Å². The molecule has 1 fully saturated rings. The first kappa shape index (κ1) is 31.0. The molecule has 3 heterocycles. The maximum Gasteiger partial charge on any atom is 0.411 e. The van der Waals surface area contributed by atoms with E-state index in [1.54, 1.807) is 19.2 Å². The number of nitrogens with zero attached hydrogens (tertiary/aromatic N) is 5.